The second kappa shape index (κ2) is 7.54. The molecule has 2 N–H and O–H groups in total. The molecule has 1 saturated heterocycles. The molecule has 0 bridgehead atoms. The van der Waals surface area contributed by atoms with E-state index in [1.807, 2.05) is 13.8 Å². The number of hydrogen-bond donors (Lipinski definition) is 2. The molecule has 22 heavy (non-hydrogen) atoms. The summed E-state index contributed by atoms with van der Waals surface area (Å²) in [7, 11) is -3.52. The molecule has 7 nitrogen and oxygen atoms in total. The Morgan fingerprint density at radius 1 is 1.50 bits per heavy atom. The van der Waals surface area contributed by atoms with Crippen LogP contribution in [0.4, 0.5) is 0 Å². The van der Waals surface area contributed by atoms with E-state index < -0.39 is 10.0 Å². The van der Waals surface area contributed by atoms with Crippen LogP contribution in [0.25, 0.3) is 0 Å². The highest BCUT2D eigenvalue weighted by atomic mass is 32.2. The molecule has 1 aliphatic rings. The predicted molar refractivity (Wildman–Crippen MR) is 84.1 cm³/mol. The lowest BCUT2D eigenvalue weighted by molar-refractivity contribution is 0.0704. The van der Waals surface area contributed by atoms with Crippen LogP contribution in [0.5, 0.6) is 0 Å². The van der Waals surface area contributed by atoms with Gasteiger partial charge in [0.25, 0.3) is 10.0 Å². The minimum atomic E-state index is -3.52. The molecule has 0 aliphatic carbocycles. The Kier molecular flexibility index (Phi) is 5.96. The van der Waals surface area contributed by atoms with Gasteiger partial charge in [-0.15, -0.1) is 0 Å². The number of nitrogens with zero attached hydrogens (tertiary/aromatic N) is 3. The van der Waals surface area contributed by atoms with E-state index in [2.05, 4.69) is 14.7 Å². The van der Waals surface area contributed by atoms with Gasteiger partial charge in [-0.05, 0) is 52.3 Å². The van der Waals surface area contributed by atoms with Gasteiger partial charge in [0.15, 0.2) is 5.03 Å². The zero-order valence-electron chi connectivity index (χ0n) is 13.3. The first kappa shape index (κ1) is 17.4. The summed E-state index contributed by atoms with van der Waals surface area (Å²) >= 11 is 0. The van der Waals surface area contributed by atoms with E-state index in [1.54, 1.807) is 0 Å². The van der Waals surface area contributed by atoms with Crippen LogP contribution < -0.4 is 4.72 Å². The molecule has 1 aliphatic heterocycles. The second-order valence-corrected chi connectivity index (χ2v) is 7.77. The molecule has 0 unspecified atom stereocenters. The molecule has 1 aromatic heterocycles. The van der Waals surface area contributed by atoms with Gasteiger partial charge in [-0.1, -0.05) is 0 Å². The highest BCUT2D eigenvalue weighted by Crippen LogP contribution is 2.14. The van der Waals surface area contributed by atoms with E-state index in [0.29, 0.717) is 13.1 Å². The second-order valence-electron chi connectivity index (χ2n) is 6.06. The average Bonchev–Trinajstić information content (AvgIpc) is 2.94. The van der Waals surface area contributed by atoms with Crippen LogP contribution in [0, 0.1) is 0 Å². The Morgan fingerprint density at radius 3 is 2.95 bits per heavy atom. The van der Waals surface area contributed by atoms with Gasteiger partial charge in [-0.3, -0.25) is 4.68 Å². The minimum Gasteiger partial charge on any atom is -0.392 e. The number of piperidine rings is 1. The third-order valence-corrected chi connectivity index (χ3v) is 5.28. The van der Waals surface area contributed by atoms with Crippen molar-refractivity contribution in [2.24, 2.45) is 0 Å². The standard InChI is InChI=1S/C14H26N4O3S/c1-12(2)18-14(6-8-15-18)22(20,21)16-7-4-10-17-9-3-5-13(19)11-17/h6,8,12-13,16,19H,3-5,7,9-11H2,1-2H3/t13-/m0/s1. The molecule has 8 heteroatoms. The van der Waals surface area contributed by atoms with Crippen LogP contribution >= 0.6 is 0 Å². The van der Waals surface area contributed by atoms with Crippen molar-refractivity contribution >= 4 is 10.0 Å². The number of nitrogens with one attached hydrogen (secondary N) is 1. The molecular formula is C14H26N4O3S. The number of β-amino-alcohol motifs (C(OH)–C–C–N with tert-alkyl or cyclic N) is 1. The fourth-order valence-corrected chi connectivity index (χ4v) is 4.03. The Morgan fingerprint density at radius 2 is 2.27 bits per heavy atom. The molecular weight excluding hydrogens is 304 g/mol. The number of sulfonamides is 1. The van der Waals surface area contributed by atoms with Crippen LogP contribution in [0.1, 0.15) is 39.2 Å². The van der Waals surface area contributed by atoms with E-state index in [-0.39, 0.29) is 17.2 Å². The summed E-state index contributed by atoms with van der Waals surface area (Å²) in [5.74, 6) is 0. The summed E-state index contributed by atoms with van der Waals surface area (Å²) in [5, 5.41) is 13.9. The number of aliphatic hydroxyl groups excluding tert-OH is 1. The van der Waals surface area contributed by atoms with Crippen molar-refractivity contribution in [3.05, 3.63) is 12.3 Å². The van der Waals surface area contributed by atoms with Crippen molar-refractivity contribution in [3.8, 4) is 0 Å². The van der Waals surface area contributed by atoms with Crippen LogP contribution in [0.15, 0.2) is 17.3 Å². The van der Waals surface area contributed by atoms with Crippen molar-refractivity contribution in [2.45, 2.75) is 50.3 Å². The van der Waals surface area contributed by atoms with Crippen molar-refractivity contribution in [2.75, 3.05) is 26.2 Å². The lowest BCUT2D eigenvalue weighted by Crippen LogP contribution is -2.39. The summed E-state index contributed by atoms with van der Waals surface area (Å²) in [4.78, 5) is 2.18. The lowest BCUT2D eigenvalue weighted by Gasteiger charge is -2.29. The first-order valence-electron chi connectivity index (χ1n) is 7.84. The number of likely N-dealkylation sites (tertiary alicyclic amines) is 1. The minimum absolute atomic E-state index is 0.00332. The van der Waals surface area contributed by atoms with E-state index in [1.165, 1.54) is 16.9 Å². The maximum Gasteiger partial charge on any atom is 0.257 e. The largest absolute Gasteiger partial charge is 0.392 e. The fourth-order valence-electron chi connectivity index (χ4n) is 2.72. The smallest absolute Gasteiger partial charge is 0.257 e. The van der Waals surface area contributed by atoms with Crippen molar-refractivity contribution in [3.63, 3.8) is 0 Å². The maximum absolute atomic E-state index is 12.3. The van der Waals surface area contributed by atoms with E-state index in [4.69, 9.17) is 0 Å². The van der Waals surface area contributed by atoms with Crippen molar-refractivity contribution < 1.29 is 13.5 Å². The zero-order chi connectivity index (χ0) is 16.2. The normalized spacial score (nSPS) is 20.6. The van der Waals surface area contributed by atoms with Gasteiger partial charge in [0.05, 0.1) is 12.3 Å². The highest BCUT2D eigenvalue weighted by molar-refractivity contribution is 7.89. The SMILES string of the molecule is CC(C)n1nccc1S(=O)(=O)NCCCN1CCC[C@H](O)C1. The topological polar surface area (TPSA) is 87.5 Å². The molecule has 0 saturated carbocycles. The van der Waals surface area contributed by atoms with Gasteiger partial charge in [-0.25, -0.2) is 13.1 Å². The highest BCUT2D eigenvalue weighted by Gasteiger charge is 2.21. The molecule has 126 valence electrons. The van der Waals surface area contributed by atoms with Gasteiger partial charge in [0.2, 0.25) is 0 Å². The monoisotopic (exact) mass is 330 g/mol. The van der Waals surface area contributed by atoms with Crippen LogP contribution in [-0.4, -0.2) is 60.5 Å². The molecule has 2 heterocycles. The lowest BCUT2D eigenvalue weighted by atomic mass is 10.1. The Bertz CT molecular complexity index is 570. The number of hydrogen-bond acceptors (Lipinski definition) is 5. The third-order valence-electron chi connectivity index (χ3n) is 3.82. The summed E-state index contributed by atoms with van der Waals surface area (Å²) in [5.41, 5.74) is 0. The summed E-state index contributed by atoms with van der Waals surface area (Å²) in [6.07, 6.45) is 3.85. The van der Waals surface area contributed by atoms with Crippen LogP contribution in [0.3, 0.4) is 0 Å². The van der Waals surface area contributed by atoms with Crippen LogP contribution in [0.2, 0.25) is 0 Å². The first-order chi connectivity index (χ1) is 10.4. The molecule has 1 aromatic rings. The van der Waals surface area contributed by atoms with Gasteiger partial charge >= 0.3 is 0 Å². The Balaban J connectivity index is 1.81. The van der Waals surface area contributed by atoms with Gasteiger partial charge in [0, 0.05) is 19.1 Å². The molecule has 0 radical (unpaired) electrons. The molecule has 0 spiro atoms. The maximum atomic E-state index is 12.3. The number of aromatic nitrogens is 2. The van der Waals surface area contributed by atoms with Crippen LogP contribution in [-0.2, 0) is 10.0 Å². The molecule has 0 aromatic carbocycles. The summed E-state index contributed by atoms with van der Waals surface area (Å²) in [6, 6.07) is 1.51. The first-order valence-corrected chi connectivity index (χ1v) is 9.32. The van der Waals surface area contributed by atoms with Crippen molar-refractivity contribution in [1.82, 2.24) is 19.4 Å². The molecule has 1 atom stereocenters. The van der Waals surface area contributed by atoms with Gasteiger partial charge in [0.1, 0.15) is 0 Å². The summed E-state index contributed by atoms with van der Waals surface area (Å²) in [6.45, 7) is 6.64. The Hall–Kier alpha value is -0.960. The van der Waals surface area contributed by atoms with E-state index in [9.17, 15) is 13.5 Å². The molecule has 1 fully saturated rings. The number of rotatable bonds is 7. The third kappa shape index (κ3) is 4.52. The average molecular weight is 330 g/mol. The number of aliphatic hydroxyl groups is 1. The quantitative estimate of drug-likeness (QED) is 0.715. The predicted octanol–water partition coefficient (Wildman–Crippen LogP) is 0.589. The van der Waals surface area contributed by atoms with Gasteiger partial charge < -0.3 is 10.0 Å². The Labute approximate surface area is 132 Å². The summed E-state index contributed by atoms with van der Waals surface area (Å²) < 4.78 is 28.7. The van der Waals surface area contributed by atoms with Crippen molar-refractivity contribution in [1.29, 1.82) is 0 Å². The fraction of sp³-hybridized carbons (Fsp3) is 0.786. The van der Waals surface area contributed by atoms with E-state index in [0.717, 1.165) is 32.4 Å². The van der Waals surface area contributed by atoms with Gasteiger partial charge in [-0.2, -0.15) is 5.10 Å². The molecule has 0 amide bonds. The van der Waals surface area contributed by atoms with E-state index >= 15 is 0 Å². The molecule has 2 rings (SSSR count). The zero-order valence-corrected chi connectivity index (χ0v) is 14.1.